The summed E-state index contributed by atoms with van der Waals surface area (Å²) in [6.07, 6.45) is 1.49. The second kappa shape index (κ2) is 8.03. The number of aliphatic hydroxyl groups is 1. The Balaban J connectivity index is 1.58. The van der Waals surface area contributed by atoms with Gasteiger partial charge in [0.25, 0.3) is 11.5 Å². The number of hydrogen-bond donors (Lipinski definition) is 1. The number of likely N-dealkylation sites (tertiary alicyclic amines) is 1. The number of amides is 1. The fraction of sp³-hybridized carbons (Fsp3) is 0.348. The average Bonchev–Trinajstić information content (AvgIpc) is 3.30. The third-order valence-corrected chi connectivity index (χ3v) is 5.82. The molecule has 0 aliphatic carbocycles. The van der Waals surface area contributed by atoms with Gasteiger partial charge >= 0.3 is 0 Å². The van der Waals surface area contributed by atoms with Crippen molar-refractivity contribution in [1.29, 1.82) is 0 Å². The number of carbonyl (C=O) groups excluding carboxylic acids is 1. The molecule has 5 rings (SSSR count). The minimum atomic E-state index is -0.364. The molecular weight excluding hydrogens is 398 g/mol. The number of para-hydroxylation sites is 2. The summed E-state index contributed by atoms with van der Waals surface area (Å²) in [5.74, 6) is 1.35. The molecule has 1 aromatic heterocycles. The SMILES string of the molecule is O=C(c1cccc2c1OCCO2)N1CCCC1c1nc2ccccc2c(=O)n1CCO. The Morgan fingerprint density at radius 3 is 2.84 bits per heavy atom. The van der Waals surface area contributed by atoms with Crippen LogP contribution in [0, 0.1) is 0 Å². The number of carbonyl (C=O) groups is 1. The van der Waals surface area contributed by atoms with Gasteiger partial charge in [-0.3, -0.25) is 14.2 Å². The number of ether oxygens (including phenoxy) is 2. The molecule has 0 spiro atoms. The van der Waals surface area contributed by atoms with Crippen molar-refractivity contribution in [1.82, 2.24) is 14.5 Å². The van der Waals surface area contributed by atoms with Crippen LogP contribution < -0.4 is 15.0 Å². The van der Waals surface area contributed by atoms with Crippen LogP contribution in [-0.4, -0.2) is 51.8 Å². The number of fused-ring (bicyclic) bond motifs is 2. The first kappa shape index (κ1) is 19.6. The van der Waals surface area contributed by atoms with Gasteiger partial charge in [0.05, 0.1) is 35.7 Å². The molecule has 0 saturated carbocycles. The molecule has 0 radical (unpaired) electrons. The molecule has 2 aliphatic rings. The van der Waals surface area contributed by atoms with Gasteiger partial charge in [-0.25, -0.2) is 4.98 Å². The lowest BCUT2D eigenvalue weighted by Gasteiger charge is -2.28. The van der Waals surface area contributed by atoms with E-state index in [9.17, 15) is 14.7 Å². The summed E-state index contributed by atoms with van der Waals surface area (Å²) in [4.78, 5) is 33.2. The Morgan fingerprint density at radius 1 is 1.13 bits per heavy atom. The summed E-state index contributed by atoms with van der Waals surface area (Å²) in [5.41, 5.74) is 0.827. The van der Waals surface area contributed by atoms with Gasteiger partial charge in [0.1, 0.15) is 19.0 Å². The van der Waals surface area contributed by atoms with Crippen LogP contribution in [0.25, 0.3) is 10.9 Å². The van der Waals surface area contributed by atoms with Crippen LogP contribution >= 0.6 is 0 Å². The fourth-order valence-electron chi connectivity index (χ4n) is 4.43. The molecule has 160 valence electrons. The Bertz CT molecular complexity index is 1210. The molecule has 8 heteroatoms. The molecule has 3 aromatic rings. The van der Waals surface area contributed by atoms with Crippen molar-refractivity contribution in [2.75, 3.05) is 26.4 Å². The minimum absolute atomic E-state index is 0.127. The van der Waals surface area contributed by atoms with Crippen LogP contribution in [0.2, 0.25) is 0 Å². The predicted octanol–water partition coefficient (Wildman–Crippen LogP) is 2.14. The first-order chi connectivity index (χ1) is 15.2. The van der Waals surface area contributed by atoms with Gasteiger partial charge in [0.2, 0.25) is 0 Å². The van der Waals surface area contributed by atoms with Crippen molar-refractivity contribution in [2.45, 2.75) is 25.4 Å². The van der Waals surface area contributed by atoms with Crippen molar-refractivity contribution in [2.24, 2.45) is 0 Å². The van der Waals surface area contributed by atoms with Crippen LogP contribution in [0.1, 0.15) is 35.1 Å². The summed E-state index contributed by atoms with van der Waals surface area (Å²) < 4.78 is 12.9. The molecule has 1 fully saturated rings. The second-order valence-electron chi connectivity index (χ2n) is 7.65. The Labute approximate surface area is 178 Å². The van der Waals surface area contributed by atoms with Crippen molar-refractivity contribution in [3.8, 4) is 11.5 Å². The summed E-state index contributed by atoms with van der Waals surface area (Å²) >= 11 is 0. The van der Waals surface area contributed by atoms with E-state index < -0.39 is 0 Å². The molecule has 8 nitrogen and oxygen atoms in total. The zero-order chi connectivity index (χ0) is 21.4. The van der Waals surface area contributed by atoms with Crippen LogP contribution in [0.3, 0.4) is 0 Å². The van der Waals surface area contributed by atoms with Crippen LogP contribution in [0.15, 0.2) is 47.3 Å². The molecule has 0 bridgehead atoms. The molecule has 2 aliphatic heterocycles. The molecule has 31 heavy (non-hydrogen) atoms. The summed E-state index contributed by atoms with van der Waals surface area (Å²) in [7, 11) is 0. The number of aromatic nitrogens is 2. The van der Waals surface area contributed by atoms with E-state index >= 15 is 0 Å². The van der Waals surface area contributed by atoms with E-state index in [0.717, 1.165) is 6.42 Å². The maximum atomic E-state index is 13.5. The van der Waals surface area contributed by atoms with E-state index in [0.29, 0.717) is 60.0 Å². The van der Waals surface area contributed by atoms with Crippen LogP contribution in [0.5, 0.6) is 11.5 Å². The number of benzene rings is 2. The molecule has 1 atom stereocenters. The molecule has 3 heterocycles. The number of rotatable bonds is 4. The van der Waals surface area contributed by atoms with Gasteiger partial charge < -0.3 is 19.5 Å². The first-order valence-electron chi connectivity index (χ1n) is 10.5. The van der Waals surface area contributed by atoms with Gasteiger partial charge in [-0.1, -0.05) is 18.2 Å². The zero-order valence-corrected chi connectivity index (χ0v) is 17.0. The topological polar surface area (TPSA) is 93.9 Å². The highest BCUT2D eigenvalue weighted by Crippen LogP contribution is 2.38. The Morgan fingerprint density at radius 2 is 1.97 bits per heavy atom. The van der Waals surface area contributed by atoms with Gasteiger partial charge in [-0.15, -0.1) is 0 Å². The van der Waals surface area contributed by atoms with Crippen LogP contribution in [0.4, 0.5) is 0 Å². The summed E-state index contributed by atoms with van der Waals surface area (Å²) in [6, 6.07) is 12.1. The minimum Gasteiger partial charge on any atom is -0.486 e. The Kier molecular flexibility index (Phi) is 5.07. The number of hydrogen-bond acceptors (Lipinski definition) is 6. The molecule has 2 aromatic carbocycles. The summed E-state index contributed by atoms with van der Waals surface area (Å²) in [6.45, 7) is 1.33. The largest absolute Gasteiger partial charge is 0.486 e. The Hall–Kier alpha value is -3.39. The maximum absolute atomic E-state index is 13.5. The lowest BCUT2D eigenvalue weighted by Crippen LogP contribution is -2.36. The standard InChI is InChI=1S/C23H23N3O5/c27-12-11-26-21(24-17-7-2-1-5-15(17)22(26)28)18-8-4-10-25(18)23(29)16-6-3-9-19-20(16)31-14-13-30-19/h1-3,5-7,9,18,27H,4,8,10-14H2. The third kappa shape index (κ3) is 3.33. The van der Waals surface area contributed by atoms with Gasteiger partial charge in [-0.05, 0) is 37.1 Å². The highest BCUT2D eigenvalue weighted by atomic mass is 16.6. The lowest BCUT2D eigenvalue weighted by molar-refractivity contribution is 0.0715. The molecular formula is C23H23N3O5. The normalized spacial score (nSPS) is 17.8. The van der Waals surface area contributed by atoms with E-state index in [4.69, 9.17) is 14.5 Å². The molecule has 1 N–H and O–H groups in total. The van der Waals surface area contributed by atoms with Crippen LogP contribution in [-0.2, 0) is 6.54 Å². The smallest absolute Gasteiger partial charge is 0.261 e. The van der Waals surface area contributed by atoms with Gasteiger partial charge in [0, 0.05) is 6.54 Å². The maximum Gasteiger partial charge on any atom is 0.261 e. The molecule has 1 saturated heterocycles. The van der Waals surface area contributed by atoms with Crippen molar-refractivity contribution in [3.63, 3.8) is 0 Å². The third-order valence-electron chi connectivity index (χ3n) is 5.82. The van der Waals surface area contributed by atoms with Crippen molar-refractivity contribution < 1.29 is 19.4 Å². The van der Waals surface area contributed by atoms with Crippen molar-refractivity contribution >= 4 is 16.8 Å². The highest BCUT2D eigenvalue weighted by molar-refractivity contribution is 5.98. The lowest BCUT2D eigenvalue weighted by atomic mass is 10.1. The van der Waals surface area contributed by atoms with E-state index in [1.165, 1.54) is 4.57 Å². The fourth-order valence-corrected chi connectivity index (χ4v) is 4.43. The second-order valence-corrected chi connectivity index (χ2v) is 7.65. The number of nitrogens with zero attached hydrogens (tertiary/aromatic N) is 3. The summed E-state index contributed by atoms with van der Waals surface area (Å²) in [5, 5.41) is 10.1. The van der Waals surface area contributed by atoms with Crippen molar-refractivity contribution in [3.05, 3.63) is 64.2 Å². The monoisotopic (exact) mass is 421 g/mol. The number of aliphatic hydroxyl groups excluding tert-OH is 1. The quantitative estimate of drug-likeness (QED) is 0.694. The highest BCUT2D eigenvalue weighted by Gasteiger charge is 2.36. The zero-order valence-electron chi connectivity index (χ0n) is 17.0. The van der Waals surface area contributed by atoms with Gasteiger partial charge in [0.15, 0.2) is 11.5 Å². The first-order valence-corrected chi connectivity index (χ1v) is 10.5. The van der Waals surface area contributed by atoms with Gasteiger partial charge in [-0.2, -0.15) is 0 Å². The van der Waals surface area contributed by atoms with E-state index in [1.54, 1.807) is 41.3 Å². The van der Waals surface area contributed by atoms with E-state index in [1.807, 2.05) is 6.07 Å². The van der Waals surface area contributed by atoms with E-state index in [-0.39, 0.29) is 30.7 Å². The molecule has 1 amide bonds. The van der Waals surface area contributed by atoms with E-state index in [2.05, 4.69) is 0 Å². The predicted molar refractivity (Wildman–Crippen MR) is 114 cm³/mol. The molecule has 1 unspecified atom stereocenters. The average molecular weight is 421 g/mol.